The lowest BCUT2D eigenvalue weighted by atomic mass is 10.2. The van der Waals surface area contributed by atoms with Gasteiger partial charge in [-0.15, -0.1) is 11.8 Å². The molecule has 0 aliphatic carbocycles. The van der Waals surface area contributed by atoms with Crippen LogP contribution < -0.4 is 5.32 Å². The van der Waals surface area contributed by atoms with Crippen molar-refractivity contribution in [1.29, 1.82) is 0 Å². The average molecular weight is 347 g/mol. The SMILES string of the molecule is CCN1C[C@H](NC(=O)CSc2cn(C)c3ccccc23)[C@@H](OC)C1. The monoisotopic (exact) mass is 347 g/mol. The first-order valence-corrected chi connectivity index (χ1v) is 9.32. The Kier molecular flexibility index (Phi) is 5.48. The van der Waals surface area contributed by atoms with Gasteiger partial charge in [-0.2, -0.15) is 0 Å². The maximum atomic E-state index is 12.4. The summed E-state index contributed by atoms with van der Waals surface area (Å²) in [5, 5.41) is 4.34. The zero-order valence-electron chi connectivity index (χ0n) is 14.5. The number of aryl methyl sites for hydroxylation is 1. The number of hydrogen-bond donors (Lipinski definition) is 1. The number of thioether (sulfide) groups is 1. The fraction of sp³-hybridized carbons (Fsp3) is 0.500. The van der Waals surface area contributed by atoms with Gasteiger partial charge in [-0.1, -0.05) is 25.1 Å². The summed E-state index contributed by atoms with van der Waals surface area (Å²) in [6.07, 6.45) is 2.17. The topological polar surface area (TPSA) is 46.5 Å². The van der Waals surface area contributed by atoms with Crippen molar-refractivity contribution < 1.29 is 9.53 Å². The highest BCUT2D eigenvalue weighted by molar-refractivity contribution is 8.00. The molecule has 1 aliphatic heterocycles. The van der Waals surface area contributed by atoms with E-state index in [-0.39, 0.29) is 18.1 Å². The van der Waals surface area contributed by atoms with E-state index in [1.807, 2.05) is 19.2 Å². The summed E-state index contributed by atoms with van der Waals surface area (Å²) in [6.45, 7) is 4.86. The first kappa shape index (κ1) is 17.3. The van der Waals surface area contributed by atoms with Gasteiger partial charge < -0.3 is 14.6 Å². The number of fused-ring (bicyclic) bond motifs is 1. The van der Waals surface area contributed by atoms with E-state index in [0.717, 1.165) is 24.5 Å². The number of aromatic nitrogens is 1. The van der Waals surface area contributed by atoms with Gasteiger partial charge in [0.1, 0.15) is 0 Å². The Balaban J connectivity index is 1.59. The van der Waals surface area contributed by atoms with Crippen molar-refractivity contribution >= 4 is 28.6 Å². The van der Waals surface area contributed by atoms with Gasteiger partial charge in [0.15, 0.2) is 0 Å². The minimum atomic E-state index is 0.0675. The second-order valence-corrected chi connectivity index (χ2v) is 7.23. The van der Waals surface area contributed by atoms with Crippen molar-refractivity contribution in [2.75, 3.05) is 32.5 Å². The molecular weight excluding hydrogens is 322 g/mol. The van der Waals surface area contributed by atoms with E-state index >= 15 is 0 Å². The molecule has 1 aromatic carbocycles. The quantitative estimate of drug-likeness (QED) is 0.813. The van der Waals surface area contributed by atoms with Gasteiger partial charge in [0.25, 0.3) is 0 Å². The van der Waals surface area contributed by atoms with Gasteiger partial charge in [-0.25, -0.2) is 0 Å². The molecule has 1 N–H and O–H groups in total. The first-order valence-electron chi connectivity index (χ1n) is 8.33. The fourth-order valence-corrected chi connectivity index (χ4v) is 4.23. The third kappa shape index (κ3) is 3.61. The molecule has 0 spiro atoms. The summed E-state index contributed by atoms with van der Waals surface area (Å²) in [5.74, 6) is 0.491. The standard InChI is InChI=1S/C18H25N3O2S/c1-4-21-9-14(16(10-21)23-3)19-18(22)12-24-17-11-20(2)15-8-6-5-7-13(15)17/h5-8,11,14,16H,4,9-10,12H2,1-3H3,(H,19,22)/t14-,16-/m0/s1. The van der Waals surface area contributed by atoms with E-state index in [0.29, 0.717) is 5.75 Å². The van der Waals surface area contributed by atoms with Crippen LogP contribution in [0.1, 0.15) is 6.92 Å². The Labute approximate surface area is 147 Å². The zero-order chi connectivity index (χ0) is 17.1. The molecule has 1 saturated heterocycles. The highest BCUT2D eigenvalue weighted by Gasteiger charge is 2.32. The molecule has 2 heterocycles. The first-order chi connectivity index (χ1) is 11.6. The number of nitrogens with zero attached hydrogens (tertiary/aromatic N) is 2. The van der Waals surface area contributed by atoms with Crippen LogP contribution in [0.15, 0.2) is 35.4 Å². The number of carbonyl (C=O) groups excluding carboxylic acids is 1. The molecule has 2 atom stereocenters. The third-order valence-electron chi connectivity index (χ3n) is 4.66. The molecular formula is C18H25N3O2S. The molecule has 0 bridgehead atoms. The number of benzene rings is 1. The number of likely N-dealkylation sites (N-methyl/N-ethyl adjacent to an activating group) is 1. The fourth-order valence-electron chi connectivity index (χ4n) is 3.30. The lowest BCUT2D eigenvalue weighted by Crippen LogP contribution is -2.44. The van der Waals surface area contributed by atoms with Crippen LogP contribution in [-0.4, -0.2) is 60.0 Å². The second-order valence-electron chi connectivity index (χ2n) is 6.21. The van der Waals surface area contributed by atoms with Crippen molar-refractivity contribution in [3.8, 4) is 0 Å². The molecule has 6 heteroatoms. The molecule has 1 aromatic heterocycles. The number of carbonyl (C=O) groups is 1. The van der Waals surface area contributed by atoms with Gasteiger partial charge >= 0.3 is 0 Å². The van der Waals surface area contributed by atoms with Crippen molar-refractivity contribution in [1.82, 2.24) is 14.8 Å². The van der Waals surface area contributed by atoms with Crippen molar-refractivity contribution in [2.45, 2.75) is 24.0 Å². The Morgan fingerprint density at radius 3 is 2.92 bits per heavy atom. The van der Waals surface area contributed by atoms with E-state index in [2.05, 4.69) is 40.0 Å². The number of ether oxygens (including phenoxy) is 1. The van der Waals surface area contributed by atoms with Gasteiger partial charge in [-0.3, -0.25) is 9.69 Å². The van der Waals surface area contributed by atoms with Gasteiger partial charge in [0.2, 0.25) is 5.91 Å². The van der Waals surface area contributed by atoms with Crippen LogP contribution in [-0.2, 0) is 16.6 Å². The molecule has 3 rings (SSSR count). The van der Waals surface area contributed by atoms with E-state index in [9.17, 15) is 4.79 Å². The maximum Gasteiger partial charge on any atom is 0.230 e. The minimum absolute atomic E-state index is 0.0675. The molecule has 0 radical (unpaired) electrons. The number of likely N-dealkylation sites (tertiary alicyclic amines) is 1. The van der Waals surface area contributed by atoms with Crippen LogP contribution in [0.4, 0.5) is 0 Å². The Hall–Kier alpha value is -1.50. The summed E-state index contributed by atoms with van der Waals surface area (Å²) in [7, 11) is 3.75. The van der Waals surface area contributed by atoms with Crippen LogP contribution in [0, 0.1) is 0 Å². The number of para-hydroxylation sites is 1. The highest BCUT2D eigenvalue weighted by Crippen LogP contribution is 2.29. The molecule has 24 heavy (non-hydrogen) atoms. The average Bonchev–Trinajstić information content (AvgIpc) is 3.14. The van der Waals surface area contributed by atoms with Crippen molar-refractivity contribution in [2.24, 2.45) is 7.05 Å². The summed E-state index contributed by atoms with van der Waals surface area (Å²) >= 11 is 1.59. The molecule has 1 fully saturated rings. The molecule has 1 aliphatic rings. The maximum absolute atomic E-state index is 12.4. The number of amides is 1. The number of rotatable bonds is 6. The zero-order valence-corrected chi connectivity index (χ0v) is 15.3. The van der Waals surface area contributed by atoms with Crippen molar-refractivity contribution in [3.63, 3.8) is 0 Å². The Bertz CT molecular complexity index is 715. The Morgan fingerprint density at radius 1 is 1.38 bits per heavy atom. The largest absolute Gasteiger partial charge is 0.378 e. The molecule has 5 nitrogen and oxygen atoms in total. The van der Waals surface area contributed by atoms with Gasteiger partial charge in [0.05, 0.1) is 17.9 Å². The number of nitrogens with one attached hydrogen (secondary N) is 1. The summed E-state index contributed by atoms with van der Waals surface area (Å²) < 4.78 is 7.62. The number of hydrogen-bond acceptors (Lipinski definition) is 4. The van der Waals surface area contributed by atoms with Crippen LogP contribution in [0.25, 0.3) is 10.9 Å². The van der Waals surface area contributed by atoms with Crippen LogP contribution in [0.5, 0.6) is 0 Å². The molecule has 2 aromatic rings. The van der Waals surface area contributed by atoms with Crippen LogP contribution >= 0.6 is 11.8 Å². The molecule has 0 unspecified atom stereocenters. The summed E-state index contributed by atoms with van der Waals surface area (Å²) in [6, 6.07) is 8.35. The molecule has 130 valence electrons. The van der Waals surface area contributed by atoms with Crippen LogP contribution in [0.3, 0.4) is 0 Å². The normalized spacial score (nSPS) is 21.5. The van der Waals surface area contributed by atoms with Crippen LogP contribution in [0.2, 0.25) is 0 Å². The van der Waals surface area contributed by atoms with Gasteiger partial charge in [0, 0.05) is 49.2 Å². The molecule has 0 saturated carbocycles. The van der Waals surface area contributed by atoms with E-state index < -0.39 is 0 Å². The third-order valence-corrected chi connectivity index (χ3v) is 5.70. The predicted octanol–water partition coefficient (Wildman–Crippen LogP) is 2.11. The predicted molar refractivity (Wildman–Crippen MR) is 98.5 cm³/mol. The molecule has 1 amide bonds. The van der Waals surface area contributed by atoms with Gasteiger partial charge in [-0.05, 0) is 12.6 Å². The smallest absolute Gasteiger partial charge is 0.230 e. The van der Waals surface area contributed by atoms with Crippen molar-refractivity contribution in [3.05, 3.63) is 30.5 Å². The lowest BCUT2D eigenvalue weighted by molar-refractivity contribution is -0.119. The second kappa shape index (κ2) is 7.59. The summed E-state index contributed by atoms with van der Waals surface area (Å²) in [5.41, 5.74) is 1.19. The lowest BCUT2D eigenvalue weighted by Gasteiger charge is -2.18. The number of methoxy groups -OCH3 is 1. The van der Waals surface area contributed by atoms with E-state index in [4.69, 9.17) is 4.74 Å². The Morgan fingerprint density at radius 2 is 2.17 bits per heavy atom. The van der Waals surface area contributed by atoms with E-state index in [1.54, 1.807) is 18.9 Å². The minimum Gasteiger partial charge on any atom is -0.378 e. The summed E-state index contributed by atoms with van der Waals surface area (Å²) in [4.78, 5) is 15.8. The van der Waals surface area contributed by atoms with E-state index in [1.165, 1.54) is 10.9 Å². The highest BCUT2D eigenvalue weighted by atomic mass is 32.2.